The lowest BCUT2D eigenvalue weighted by Gasteiger charge is -2.14. The molecule has 0 spiro atoms. The summed E-state index contributed by atoms with van der Waals surface area (Å²) < 4.78 is 0. The highest BCUT2D eigenvalue weighted by atomic mass is 16.3. The van der Waals surface area contributed by atoms with Crippen LogP contribution >= 0.6 is 0 Å². The summed E-state index contributed by atoms with van der Waals surface area (Å²) in [5, 5.41) is 22.0. The van der Waals surface area contributed by atoms with E-state index in [4.69, 9.17) is 5.73 Å². The summed E-state index contributed by atoms with van der Waals surface area (Å²) in [7, 11) is 0. The molecular formula is C17H18N2O3. The van der Waals surface area contributed by atoms with Crippen molar-refractivity contribution in [1.29, 1.82) is 0 Å². The second-order valence-electron chi connectivity index (χ2n) is 5.76. The highest BCUT2D eigenvalue weighted by Gasteiger charge is 2.56. The van der Waals surface area contributed by atoms with Gasteiger partial charge in [0.15, 0.2) is 0 Å². The number of nitrogens with one attached hydrogen (secondary N) is 1. The Bertz CT molecular complexity index is 682. The van der Waals surface area contributed by atoms with E-state index in [0.717, 1.165) is 12.0 Å². The zero-order valence-electron chi connectivity index (χ0n) is 12.0. The van der Waals surface area contributed by atoms with Gasteiger partial charge < -0.3 is 21.3 Å². The van der Waals surface area contributed by atoms with E-state index >= 15 is 0 Å². The molecule has 0 aromatic heterocycles. The summed E-state index contributed by atoms with van der Waals surface area (Å²) in [6.45, 7) is 0. The van der Waals surface area contributed by atoms with E-state index in [-0.39, 0.29) is 29.0 Å². The minimum Gasteiger partial charge on any atom is -0.506 e. The third kappa shape index (κ3) is 2.63. The number of carbonyl (C=O) groups is 1. The average Bonchev–Trinajstić information content (AvgIpc) is 3.15. The molecule has 0 bridgehead atoms. The molecule has 1 unspecified atom stereocenters. The number of anilines is 1. The van der Waals surface area contributed by atoms with E-state index in [1.165, 1.54) is 18.2 Å². The fourth-order valence-corrected chi connectivity index (χ4v) is 2.67. The maximum atomic E-state index is 12.3. The number of carbonyl (C=O) groups excluding carboxylic acids is 1. The number of phenols is 2. The smallest absolute Gasteiger partial charge is 0.244 e. The Morgan fingerprint density at radius 1 is 1.14 bits per heavy atom. The van der Waals surface area contributed by atoms with Gasteiger partial charge in [0, 0.05) is 0 Å². The van der Waals surface area contributed by atoms with Crippen LogP contribution < -0.4 is 11.1 Å². The van der Waals surface area contributed by atoms with Crippen LogP contribution in [0.4, 0.5) is 5.69 Å². The van der Waals surface area contributed by atoms with Gasteiger partial charge in [0.25, 0.3) is 0 Å². The van der Waals surface area contributed by atoms with E-state index in [2.05, 4.69) is 5.32 Å². The van der Waals surface area contributed by atoms with Gasteiger partial charge in [-0.2, -0.15) is 0 Å². The first-order valence-electron chi connectivity index (χ1n) is 7.16. The quantitative estimate of drug-likeness (QED) is 0.649. The van der Waals surface area contributed by atoms with Crippen molar-refractivity contribution in [2.24, 2.45) is 11.7 Å². The number of phenolic OH excluding ortho intramolecular Hbond substituents is 2. The van der Waals surface area contributed by atoms with Crippen LogP contribution in [0.1, 0.15) is 12.0 Å². The van der Waals surface area contributed by atoms with Crippen molar-refractivity contribution in [1.82, 2.24) is 0 Å². The highest BCUT2D eigenvalue weighted by molar-refractivity contribution is 6.02. The zero-order valence-corrected chi connectivity index (χ0v) is 12.0. The van der Waals surface area contributed by atoms with E-state index in [1.54, 1.807) is 0 Å². The Balaban J connectivity index is 1.69. The maximum absolute atomic E-state index is 12.3. The molecule has 0 heterocycles. The minimum absolute atomic E-state index is 0.00249. The lowest BCUT2D eigenvalue weighted by Crippen LogP contribution is -2.40. The Morgan fingerprint density at radius 3 is 2.41 bits per heavy atom. The van der Waals surface area contributed by atoms with Gasteiger partial charge >= 0.3 is 0 Å². The van der Waals surface area contributed by atoms with Crippen LogP contribution in [0.15, 0.2) is 48.5 Å². The van der Waals surface area contributed by atoms with Crippen LogP contribution in [-0.2, 0) is 11.2 Å². The second-order valence-corrected chi connectivity index (χ2v) is 5.76. The number of nitrogens with two attached hydrogens (primary N) is 1. The lowest BCUT2D eigenvalue weighted by atomic mass is 10.1. The van der Waals surface area contributed by atoms with Gasteiger partial charge in [-0.3, -0.25) is 4.79 Å². The van der Waals surface area contributed by atoms with E-state index in [1.807, 2.05) is 30.3 Å². The number of aromatic hydroxyl groups is 2. The SMILES string of the molecule is NC1(C(=O)Nc2c(O)cccc2O)C[C@@H]1Cc1ccccc1. The molecule has 1 aliphatic carbocycles. The van der Waals surface area contributed by atoms with Crippen molar-refractivity contribution in [3.05, 3.63) is 54.1 Å². The van der Waals surface area contributed by atoms with Crippen molar-refractivity contribution in [2.45, 2.75) is 18.4 Å². The molecule has 5 heteroatoms. The topological polar surface area (TPSA) is 95.6 Å². The van der Waals surface area contributed by atoms with Gasteiger partial charge in [-0.15, -0.1) is 0 Å². The van der Waals surface area contributed by atoms with Crippen LogP contribution in [0.25, 0.3) is 0 Å². The van der Waals surface area contributed by atoms with Crippen LogP contribution in [0.5, 0.6) is 11.5 Å². The molecule has 1 amide bonds. The van der Waals surface area contributed by atoms with Gasteiger partial charge in [0.1, 0.15) is 17.2 Å². The molecule has 1 aliphatic rings. The molecule has 2 aromatic rings. The Morgan fingerprint density at radius 2 is 1.77 bits per heavy atom. The summed E-state index contributed by atoms with van der Waals surface area (Å²) in [4.78, 5) is 12.3. The molecule has 114 valence electrons. The molecule has 0 saturated heterocycles. The molecule has 2 atom stereocenters. The van der Waals surface area contributed by atoms with Crippen molar-refractivity contribution in [3.63, 3.8) is 0 Å². The van der Waals surface area contributed by atoms with Crippen molar-refractivity contribution in [2.75, 3.05) is 5.32 Å². The molecule has 5 nitrogen and oxygen atoms in total. The highest BCUT2D eigenvalue weighted by Crippen LogP contribution is 2.45. The second kappa shape index (κ2) is 5.35. The number of para-hydroxylation sites is 1. The number of rotatable bonds is 4. The molecule has 1 saturated carbocycles. The van der Waals surface area contributed by atoms with Gasteiger partial charge in [-0.25, -0.2) is 0 Å². The number of hydrogen-bond acceptors (Lipinski definition) is 4. The van der Waals surface area contributed by atoms with E-state index in [0.29, 0.717) is 6.42 Å². The van der Waals surface area contributed by atoms with Gasteiger partial charge in [0.2, 0.25) is 5.91 Å². The predicted molar refractivity (Wildman–Crippen MR) is 83.6 cm³/mol. The Kier molecular flexibility index (Phi) is 3.50. The Hall–Kier alpha value is -2.53. The standard InChI is InChI=1S/C17H18N2O3/c18-17(10-12(17)9-11-5-2-1-3-6-11)16(22)19-15-13(20)7-4-8-14(15)21/h1-8,12,20-21H,9-10,18H2,(H,19,22)/t12-,17?/m0/s1. The Labute approximate surface area is 128 Å². The van der Waals surface area contributed by atoms with Gasteiger partial charge in [-0.05, 0) is 36.5 Å². The fraction of sp³-hybridized carbons (Fsp3) is 0.235. The minimum atomic E-state index is -0.954. The monoisotopic (exact) mass is 298 g/mol. The van der Waals surface area contributed by atoms with Gasteiger partial charge in [0.05, 0.1) is 5.54 Å². The molecule has 22 heavy (non-hydrogen) atoms. The van der Waals surface area contributed by atoms with Crippen LogP contribution in [0, 0.1) is 5.92 Å². The zero-order chi connectivity index (χ0) is 15.7. The molecular weight excluding hydrogens is 280 g/mol. The normalized spacial score (nSPS) is 23.0. The molecule has 1 fully saturated rings. The van der Waals surface area contributed by atoms with Crippen LogP contribution in [0.3, 0.4) is 0 Å². The van der Waals surface area contributed by atoms with E-state index in [9.17, 15) is 15.0 Å². The summed E-state index contributed by atoms with van der Waals surface area (Å²) in [5.41, 5.74) is 6.34. The fourth-order valence-electron chi connectivity index (χ4n) is 2.67. The first-order chi connectivity index (χ1) is 10.5. The first-order valence-corrected chi connectivity index (χ1v) is 7.16. The molecule has 5 N–H and O–H groups in total. The average molecular weight is 298 g/mol. The summed E-state index contributed by atoms with van der Waals surface area (Å²) in [6.07, 6.45) is 1.32. The molecule has 0 radical (unpaired) electrons. The third-order valence-electron chi connectivity index (χ3n) is 4.16. The van der Waals surface area contributed by atoms with Crippen molar-refractivity contribution >= 4 is 11.6 Å². The predicted octanol–water partition coefficient (Wildman–Crippen LogP) is 2.00. The third-order valence-corrected chi connectivity index (χ3v) is 4.16. The van der Waals surface area contributed by atoms with Crippen LogP contribution in [-0.4, -0.2) is 21.7 Å². The molecule has 0 aliphatic heterocycles. The van der Waals surface area contributed by atoms with Crippen molar-refractivity contribution < 1.29 is 15.0 Å². The summed E-state index contributed by atoms with van der Waals surface area (Å²) >= 11 is 0. The first kappa shape index (κ1) is 14.4. The summed E-state index contributed by atoms with van der Waals surface area (Å²) in [5.74, 6) is -0.692. The molecule has 2 aromatic carbocycles. The largest absolute Gasteiger partial charge is 0.506 e. The van der Waals surface area contributed by atoms with Gasteiger partial charge in [-0.1, -0.05) is 36.4 Å². The molecule has 3 rings (SSSR count). The van der Waals surface area contributed by atoms with E-state index < -0.39 is 5.54 Å². The number of hydrogen-bond donors (Lipinski definition) is 4. The van der Waals surface area contributed by atoms with Crippen LogP contribution in [0.2, 0.25) is 0 Å². The number of benzene rings is 2. The lowest BCUT2D eigenvalue weighted by molar-refractivity contribution is -0.118. The maximum Gasteiger partial charge on any atom is 0.244 e. The summed E-state index contributed by atoms with van der Waals surface area (Å²) in [6, 6.07) is 14.1. The van der Waals surface area contributed by atoms with Crippen molar-refractivity contribution in [3.8, 4) is 11.5 Å². The number of amides is 1.